The van der Waals surface area contributed by atoms with Gasteiger partial charge >= 0.3 is 29.6 Å². The fourth-order valence-corrected chi connectivity index (χ4v) is 0.516. The van der Waals surface area contributed by atoms with E-state index in [9.17, 15) is 9.79 Å². The van der Waals surface area contributed by atoms with Gasteiger partial charge in [0, 0.05) is 0 Å². The Labute approximate surface area is 72.3 Å². The molecular weight excluding hydrogens is 138 g/mol. The van der Waals surface area contributed by atoms with E-state index in [-0.39, 0.29) is 35.7 Å². The summed E-state index contributed by atoms with van der Waals surface area (Å²) in [6.45, 7) is 3.32. The standard InChI is InChI=1S/C3H7O3P.Na/c1-3(2)6-7(4)5;/h3H,1-2H3;/q-2;+1. The fourth-order valence-electron chi connectivity index (χ4n) is 0.172. The molecule has 0 bridgehead atoms. The molecule has 0 heterocycles. The van der Waals surface area contributed by atoms with Crippen LogP contribution in [0.25, 0.3) is 0 Å². The summed E-state index contributed by atoms with van der Waals surface area (Å²) >= 11 is 0. The van der Waals surface area contributed by atoms with E-state index in [4.69, 9.17) is 0 Å². The van der Waals surface area contributed by atoms with Gasteiger partial charge < -0.3 is 14.3 Å². The van der Waals surface area contributed by atoms with Crippen molar-refractivity contribution in [1.29, 1.82) is 0 Å². The van der Waals surface area contributed by atoms with E-state index in [0.29, 0.717) is 0 Å². The third-order valence-electron chi connectivity index (χ3n) is 0.297. The van der Waals surface area contributed by atoms with Crippen LogP contribution in [0.5, 0.6) is 0 Å². The van der Waals surface area contributed by atoms with Gasteiger partial charge in [0.1, 0.15) is 0 Å². The Morgan fingerprint density at radius 1 is 1.38 bits per heavy atom. The zero-order chi connectivity index (χ0) is 5.86. The molecule has 44 valence electrons. The summed E-state index contributed by atoms with van der Waals surface area (Å²) in [5.41, 5.74) is 0. The molecule has 0 aromatic carbocycles. The molecule has 0 aliphatic carbocycles. The Kier molecular flexibility index (Phi) is 9.67. The van der Waals surface area contributed by atoms with Crippen LogP contribution in [-0.2, 0) is 4.52 Å². The minimum Gasteiger partial charge on any atom is -0.820 e. The number of hydrogen-bond donors (Lipinski definition) is 0. The molecule has 0 radical (unpaired) electrons. The molecule has 0 aliphatic rings. The minimum atomic E-state index is -2.64. The SMILES string of the molecule is CC(C)OP([O-])[O-].[Na+]. The summed E-state index contributed by atoms with van der Waals surface area (Å²) in [6, 6.07) is 0. The van der Waals surface area contributed by atoms with Gasteiger partial charge in [0.15, 0.2) is 0 Å². The van der Waals surface area contributed by atoms with Crippen LogP contribution in [0.15, 0.2) is 0 Å². The molecule has 0 saturated heterocycles. The topological polar surface area (TPSA) is 55.3 Å². The number of hydrogen-bond acceptors (Lipinski definition) is 3. The average Bonchev–Trinajstić information content (AvgIpc) is 1.27. The molecule has 0 atom stereocenters. The second-order valence-corrected chi connectivity index (χ2v) is 2.04. The van der Waals surface area contributed by atoms with E-state index in [1.165, 1.54) is 0 Å². The smallest absolute Gasteiger partial charge is 0.820 e. The van der Waals surface area contributed by atoms with E-state index in [1.807, 2.05) is 0 Å². The van der Waals surface area contributed by atoms with Crippen LogP contribution >= 0.6 is 8.60 Å². The van der Waals surface area contributed by atoms with E-state index >= 15 is 0 Å². The Hall–Kier alpha value is 1.31. The van der Waals surface area contributed by atoms with Crippen LogP contribution in [0.1, 0.15) is 13.8 Å². The molecule has 0 aliphatic heterocycles. The van der Waals surface area contributed by atoms with Crippen LogP contribution in [0.3, 0.4) is 0 Å². The van der Waals surface area contributed by atoms with Crippen molar-refractivity contribution < 1.29 is 43.9 Å². The number of rotatable bonds is 2. The Morgan fingerprint density at radius 2 is 1.75 bits per heavy atom. The zero-order valence-corrected chi connectivity index (χ0v) is 8.14. The van der Waals surface area contributed by atoms with Gasteiger partial charge in [0.05, 0.1) is 6.10 Å². The largest absolute Gasteiger partial charge is 1.00 e. The van der Waals surface area contributed by atoms with Crippen molar-refractivity contribution >= 4 is 8.60 Å². The van der Waals surface area contributed by atoms with Crippen LogP contribution in [0, 0.1) is 0 Å². The predicted molar refractivity (Wildman–Crippen MR) is 23.1 cm³/mol. The normalized spacial score (nSPS) is 9.75. The van der Waals surface area contributed by atoms with Crippen molar-refractivity contribution in [2.45, 2.75) is 20.0 Å². The summed E-state index contributed by atoms with van der Waals surface area (Å²) < 4.78 is 4.20. The zero-order valence-electron chi connectivity index (χ0n) is 5.25. The van der Waals surface area contributed by atoms with Crippen LogP contribution in [0.2, 0.25) is 0 Å². The van der Waals surface area contributed by atoms with Gasteiger partial charge in [0.25, 0.3) is 0 Å². The summed E-state index contributed by atoms with van der Waals surface area (Å²) in [7, 11) is -2.64. The van der Waals surface area contributed by atoms with E-state index < -0.39 is 8.60 Å². The molecular formula is C3H7NaO3P-. The molecule has 0 amide bonds. The third-order valence-corrected chi connectivity index (χ3v) is 0.891. The summed E-state index contributed by atoms with van der Waals surface area (Å²) in [5, 5.41) is 0. The van der Waals surface area contributed by atoms with Gasteiger partial charge in [0.2, 0.25) is 0 Å². The van der Waals surface area contributed by atoms with Crippen molar-refractivity contribution in [2.75, 3.05) is 0 Å². The Morgan fingerprint density at radius 3 is 1.75 bits per heavy atom. The van der Waals surface area contributed by atoms with Gasteiger partial charge in [-0.3, -0.25) is 0 Å². The first-order valence-electron chi connectivity index (χ1n) is 1.94. The van der Waals surface area contributed by atoms with Crippen LogP contribution in [0.4, 0.5) is 0 Å². The van der Waals surface area contributed by atoms with Crippen molar-refractivity contribution in [3.05, 3.63) is 0 Å². The van der Waals surface area contributed by atoms with Gasteiger partial charge in [-0.2, -0.15) is 8.60 Å². The summed E-state index contributed by atoms with van der Waals surface area (Å²) in [5.74, 6) is 0. The molecule has 0 aromatic heterocycles. The molecule has 0 rings (SSSR count). The average molecular weight is 145 g/mol. The van der Waals surface area contributed by atoms with E-state index in [0.717, 1.165) is 0 Å². The predicted octanol–water partition coefficient (Wildman–Crippen LogP) is -3.64. The first kappa shape index (κ1) is 12.0. The molecule has 0 fully saturated rings. The molecule has 0 saturated carbocycles. The summed E-state index contributed by atoms with van der Waals surface area (Å²) in [6.07, 6.45) is -0.221. The quantitative estimate of drug-likeness (QED) is 0.297. The molecule has 0 N–H and O–H groups in total. The maximum Gasteiger partial charge on any atom is 1.00 e. The van der Waals surface area contributed by atoms with Gasteiger partial charge in [-0.1, -0.05) is 0 Å². The van der Waals surface area contributed by atoms with E-state index in [1.54, 1.807) is 13.8 Å². The van der Waals surface area contributed by atoms with Crippen LogP contribution < -0.4 is 39.3 Å². The minimum absolute atomic E-state index is 0. The van der Waals surface area contributed by atoms with Crippen LogP contribution in [-0.4, -0.2) is 6.10 Å². The first-order valence-corrected chi connectivity index (χ1v) is 3.03. The van der Waals surface area contributed by atoms with Crippen molar-refractivity contribution in [1.82, 2.24) is 0 Å². The molecule has 3 nitrogen and oxygen atoms in total. The van der Waals surface area contributed by atoms with E-state index in [2.05, 4.69) is 4.52 Å². The molecule has 0 unspecified atom stereocenters. The Balaban J connectivity index is 0. The fraction of sp³-hybridized carbons (Fsp3) is 1.00. The molecule has 8 heavy (non-hydrogen) atoms. The van der Waals surface area contributed by atoms with Crippen molar-refractivity contribution in [3.8, 4) is 0 Å². The maximum absolute atomic E-state index is 9.62. The molecule has 0 spiro atoms. The van der Waals surface area contributed by atoms with Gasteiger partial charge in [-0.25, -0.2) is 0 Å². The molecule has 0 aromatic rings. The van der Waals surface area contributed by atoms with Crippen molar-refractivity contribution in [3.63, 3.8) is 0 Å². The monoisotopic (exact) mass is 145 g/mol. The first-order chi connectivity index (χ1) is 3.13. The maximum atomic E-state index is 9.62. The summed E-state index contributed by atoms with van der Waals surface area (Å²) in [4.78, 5) is 19.2. The van der Waals surface area contributed by atoms with Crippen molar-refractivity contribution in [2.24, 2.45) is 0 Å². The van der Waals surface area contributed by atoms with Gasteiger partial charge in [-0.15, -0.1) is 0 Å². The Bertz CT molecular complexity index is 43.8. The molecule has 5 heteroatoms. The second kappa shape index (κ2) is 6.43. The third kappa shape index (κ3) is 10.3. The van der Waals surface area contributed by atoms with Gasteiger partial charge in [-0.05, 0) is 13.8 Å². The second-order valence-electron chi connectivity index (χ2n) is 1.38.